The van der Waals surface area contributed by atoms with E-state index in [1.165, 1.54) is 0 Å². The molecule has 0 saturated carbocycles. The van der Waals surface area contributed by atoms with Crippen LogP contribution in [0.25, 0.3) is 0 Å². The molecule has 5 nitrogen and oxygen atoms in total. The number of aromatic nitrogens is 1. The number of benzene rings is 1. The molecule has 0 aliphatic rings. The maximum atomic E-state index is 8.52. The first-order valence-corrected chi connectivity index (χ1v) is 8.19. The Labute approximate surface area is 143 Å². The Morgan fingerprint density at radius 1 is 1.17 bits per heavy atom. The number of hydrogen-bond donors (Lipinski definition) is 1. The molecule has 0 spiro atoms. The number of nitriles is 1. The summed E-state index contributed by atoms with van der Waals surface area (Å²) in [5.74, 6) is 1.52. The summed E-state index contributed by atoms with van der Waals surface area (Å²) in [6, 6.07) is 14.0. The van der Waals surface area contributed by atoms with E-state index in [-0.39, 0.29) is 0 Å². The van der Waals surface area contributed by atoms with Gasteiger partial charge in [0.15, 0.2) is 0 Å². The van der Waals surface area contributed by atoms with Crippen LogP contribution in [-0.2, 0) is 13.1 Å². The average Bonchev–Trinajstić information content (AvgIpc) is 2.61. The number of ether oxygens (including phenoxy) is 2. The van der Waals surface area contributed by atoms with Crippen LogP contribution >= 0.6 is 0 Å². The van der Waals surface area contributed by atoms with E-state index in [2.05, 4.69) is 22.4 Å². The fourth-order valence-corrected chi connectivity index (χ4v) is 2.25. The lowest BCUT2D eigenvalue weighted by Crippen LogP contribution is -2.14. The van der Waals surface area contributed by atoms with Gasteiger partial charge in [-0.05, 0) is 37.1 Å². The first kappa shape index (κ1) is 17.8. The van der Waals surface area contributed by atoms with Crippen molar-refractivity contribution < 1.29 is 9.47 Å². The van der Waals surface area contributed by atoms with Crippen LogP contribution in [0.2, 0.25) is 0 Å². The minimum Gasteiger partial charge on any atom is -0.494 e. The topological polar surface area (TPSA) is 67.2 Å². The highest BCUT2D eigenvalue weighted by Gasteiger charge is 2.04. The molecule has 0 saturated heterocycles. The van der Waals surface area contributed by atoms with E-state index in [9.17, 15) is 0 Å². The molecule has 1 heterocycles. The fourth-order valence-electron chi connectivity index (χ4n) is 2.25. The van der Waals surface area contributed by atoms with E-state index >= 15 is 0 Å². The molecule has 0 fully saturated rings. The van der Waals surface area contributed by atoms with Gasteiger partial charge in [0.25, 0.3) is 0 Å². The van der Waals surface area contributed by atoms with Gasteiger partial charge in [-0.25, -0.2) is 4.98 Å². The minimum absolute atomic E-state index is 0.522. The third-order valence-corrected chi connectivity index (χ3v) is 3.38. The molecule has 2 rings (SSSR count). The van der Waals surface area contributed by atoms with Crippen molar-refractivity contribution in [2.45, 2.75) is 32.9 Å². The van der Waals surface area contributed by atoms with E-state index in [1.807, 2.05) is 37.3 Å². The van der Waals surface area contributed by atoms with Crippen LogP contribution in [-0.4, -0.2) is 18.2 Å². The highest BCUT2D eigenvalue weighted by molar-refractivity contribution is 5.29. The van der Waals surface area contributed by atoms with Crippen LogP contribution in [0.1, 0.15) is 30.9 Å². The highest BCUT2D eigenvalue weighted by atomic mass is 16.5. The largest absolute Gasteiger partial charge is 0.494 e. The standard InChI is InChI=1S/C19H23N3O2/c1-2-23-19-17(8-6-11-22-19)15-21-14-16-7-5-9-18(13-16)24-12-4-3-10-20/h5-9,11,13,21H,2-4,12,14-15H2,1H3. The summed E-state index contributed by atoms with van der Waals surface area (Å²) in [4.78, 5) is 4.25. The molecule has 126 valence electrons. The van der Waals surface area contributed by atoms with Crippen molar-refractivity contribution in [2.75, 3.05) is 13.2 Å². The molecule has 5 heteroatoms. The summed E-state index contributed by atoms with van der Waals surface area (Å²) in [5, 5.41) is 11.9. The quantitative estimate of drug-likeness (QED) is 0.678. The summed E-state index contributed by atoms with van der Waals surface area (Å²) in [6.07, 6.45) is 3.01. The van der Waals surface area contributed by atoms with Crippen molar-refractivity contribution in [1.82, 2.24) is 10.3 Å². The second-order valence-electron chi connectivity index (χ2n) is 5.26. The number of unbranched alkanes of at least 4 members (excludes halogenated alkanes) is 1. The molecule has 0 atom stereocenters. The van der Waals surface area contributed by atoms with Gasteiger partial charge in [0, 0.05) is 31.3 Å². The third-order valence-electron chi connectivity index (χ3n) is 3.38. The summed E-state index contributed by atoms with van der Waals surface area (Å²) >= 11 is 0. The number of nitrogens with one attached hydrogen (secondary N) is 1. The summed E-state index contributed by atoms with van der Waals surface area (Å²) < 4.78 is 11.2. The van der Waals surface area contributed by atoms with Crippen LogP contribution in [0, 0.1) is 11.3 Å². The maximum absolute atomic E-state index is 8.52. The van der Waals surface area contributed by atoms with E-state index in [1.54, 1.807) is 6.20 Å². The molecule has 1 N–H and O–H groups in total. The van der Waals surface area contributed by atoms with Gasteiger partial charge in [0.2, 0.25) is 5.88 Å². The number of rotatable bonds is 10. The number of nitrogens with zero attached hydrogens (tertiary/aromatic N) is 2. The Hall–Kier alpha value is -2.58. The van der Waals surface area contributed by atoms with Crippen LogP contribution in [0.4, 0.5) is 0 Å². The summed E-state index contributed by atoms with van der Waals surface area (Å²) in [6.45, 7) is 4.55. The van der Waals surface area contributed by atoms with Gasteiger partial charge in [-0.3, -0.25) is 0 Å². The first-order chi connectivity index (χ1) is 11.8. The zero-order chi connectivity index (χ0) is 17.0. The molecular formula is C19H23N3O2. The second kappa shape index (κ2) is 10.2. The van der Waals surface area contributed by atoms with Crippen molar-refractivity contribution in [3.8, 4) is 17.7 Å². The van der Waals surface area contributed by atoms with Gasteiger partial charge in [0.05, 0.1) is 19.3 Å². The van der Waals surface area contributed by atoms with E-state index < -0.39 is 0 Å². The van der Waals surface area contributed by atoms with Crippen LogP contribution in [0.5, 0.6) is 11.6 Å². The van der Waals surface area contributed by atoms with E-state index in [4.69, 9.17) is 14.7 Å². The Morgan fingerprint density at radius 2 is 2.08 bits per heavy atom. The van der Waals surface area contributed by atoms with Crippen molar-refractivity contribution >= 4 is 0 Å². The molecule has 0 amide bonds. The second-order valence-corrected chi connectivity index (χ2v) is 5.26. The van der Waals surface area contributed by atoms with Gasteiger partial charge in [-0.2, -0.15) is 5.26 Å². The Morgan fingerprint density at radius 3 is 2.92 bits per heavy atom. The van der Waals surface area contributed by atoms with Gasteiger partial charge in [-0.1, -0.05) is 18.2 Å². The van der Waals surface area contributed by atoms with Crippen LogP contribution in [0.15, 0.2) is 42.6 Å². The van der Waals surface area contributed by atoms with Crippen molar-refractivity contribution in [1.29, 1.82) is 5.26 Å². The smallest absolute Gasteiger partial charge is 0.217 e. The maximum Gasteiger partial charge on any atom is 0.217 e. The van der Waals surface area contributed by atoms with Gasteiger partial charge >= 0.3 is 0 Å². The van der Waals surface area contributed by atoms with Crippen LogP contribution < -0.4 is 14.8 Å². The number of hydrogen-bond acceptors (Lipinski definition) is 5. The van der Waals surface area contributed by atoms with Crippen molar-refractivity contribution in [3.63, 3.8) is 0 Å². The molecule has 0 aliphatic carbocycles. The molecular weight excluding hydrogens is 302 g/mol. The predicted octanol–water partition coefficient (Wildman–Crippen LogP) is 3.45. The lowest BCUT2D eigenvalue weighted by Gasteiger charge is -2.11. The van der Waals surface area contributed by atoms with E-state index in [0.717, 1.165) is 29.8 Å². The Balaban J connectivity index is 1.83. The zero-order valence-corrected chi connectivity index (χ0v) is 14.0. The minimum atomic E-state index is 0.522. The number of pyridine rings is 1. The highest BCUT2D eigenvalue weighted by Crippen LogP contribution is 2.16. The molecule has 1 aromatic carbocycles. The summed E-state index contributed by atoms with van der Waals surface area (Å²) in [5.41, 5.74) is 2.19. The van der Waals surface area contributed by atoms with Gasteiger partial charge in [0.1, 0.15) is 5.75 Å². The molecule has 0 unspecified atom stereocenters. The third kappa shape index (κ3) is 5.90. The van der Waals surface area contributed by atoms with Gasteiger partial charge in [-0.15, -0.1) is 0 Å². The Kier molecular flexibility index (Phi) is 7.58. The van der Waals surface area contributed by atoms with Crippen LogP contribution in [0.3, 0.4) is 0 Å². The average molecular weight is 325 g/mol. The normalized spacial score (nSPS) is 10.2. The van der Waals surface area contributed by atoms with Gasteiger partial charge < -0.3 is 14.8 Å². The molecule has 1 aromatic heterocycles. The molecule has 0 radical (unpaired) electrons. The molecule has 0 aliphatic heterocycles. The SMILES string of the molecule is CCOc1ncccc1CNCc1cccc(OCCCC#N)c1. The molecule has 2 aromatic rings. The first-order valence-electron chi connectivity index (χ1n) is 8.19. The molecule has 0 bridgehead atoms. The lowest BCUT2D eigenvalue weighted by atomic mass is 10.2. The monoisotopic (exact) mass is 325 g/mol. The van der Waals surface area contributed by atoms with E-state index in [0.29, 0.717) is 32.1 Å². The van der Waals surface area contributed by atoms with Crippen molar-refractivity contribution in [2.24, 2.45) is 0 Å². The zero-order valence-electron chi connectivity index (χ0n) is 14.0. The Bertz CT molecular complexity index is 668. The lowest BCUT2D eigenvalue weighted by molar-refractivity contribution is 0.312. The molecule has 24 heavy (non-hydrogen) atoms. The summed E-state index contributed by atoms with van der Waals surface area (Å²) in [7, 11) is 0. The van der Waals surface area contributed by atoms with Crippen molar-refractivity contribution in [3.05, 3.63) is 53.7 Å². The predicted molar refractivity (Wildman–Crippen MR) is 92.7 cm³/mol. The fraction of sp³-hybridized carbons (Fsp3) is 0.368.